The third-order valence-corrected chi connectivity index (χ3v) is 3.29. The zero-order valence-electron chi connectivity index (χ0n) is 12.1. The van der Waals surface area contributed by atoms with Crippen molar-refractivity contribution in [1.82, 2.24) is 5.43 Å². The first-order valence-corrected chi connectivity index (χ1v) is 6.66. The Bertz CT molecular complexity index is 810. The van der Waals surface area contributed by atoms with Crippen LogP contribution in [0.3, 0.4) is 0 Å². The maximum Gasteiger partial charge on any atom is 0.265 e. The summed E-state index contributed by atoms with van der Waals surface area (Å²) in [5.41, 5.74) is 3.90. The second-order valence-electron chi connectivity index (χ2n) is 4.70. The topological polar surface area (TPSA) is 117 Å². The van der Waals surface area contributed by atoms with Gasteiger partial charge in [-0.25, -0.2) is 10.2 Å². The van der Waals surface area contributed by atoms with Crippen molar-refractivity contribution in [3.63, 3.8) is 0 Å². The number of nitrogens with zero attached hydrogens (tertiary/aromatic N) is 2. The Labute approximate surface area is 132 Å². The highest BCUT2D eigenvalue weighted by Gasteiger charge is 2.15. The minimum atomic E-state index is -0.592. The quantitative estimate of drug-likeness (QED) is 0.340. The minimum absolute atomic E-state index is 0.0631. The van der Waals surface area contributed by atoms with Crippen molar-refractivity contribution < 1.29 is 9.18 Å². The van der Waals surface area contributed by atoms with Gasteiger partial charge < -0.3 is 5.84 Å². The van der Waals surface area contributed by atoms with E-state index in [1.54, 1.807) is 30.3 Å². The number of hydrazone groups is 1. The summed E-state index contributed by atoms with van der Waals surface area (Å²) in [6.45, 7) is 0. The summed E-state index contributed by atoms with van der Waals surface area (Å²) in [6, 6.07) is 12.6. The van der Waals surface area contributed by atoms with Crippen LogP contribution in [-0.2, 0) is 6.42 Å². The number of hydrogen-bond acceptors (Lipinski definition) is 5. The molecule has 0 aromatic heterocycles. The summed E-state index contributed by atoms with van der Waals surface area (Å²) >= 11 is 0. The summed E-state index contributed by atoms with van der Waals surface area (Å²) in [7, 11) is 0. The number of amides is 1. The van der Waals surface area contributed by atoms with Gasteiger partial charge in [-0.15, -0.1) is 0 Å². The molecule has 0 saturated carbocycles. The lowest BCUT2D eigenvalue weighted by molar-refractivity contribution is 0.0953. The largest absolute Gasteiger partial charge is 0.323 e. The molecule has 1 amide bonds. The molecule has 0 aliphatic heterocycles. The number of carbonyl (C=O) groups excluding carboxylic acids is 1. The van der Waals surface area contributed by atoms with Crippen molar-refractivity contribution in [3.05, 3.63) is 70.5 Å². The van der Waals surface area contributed by atoms with Crippen molar-refractivity contribution in [2.24, 2.45) is 16.8 Å². The van der Waals surface area contributed by atoms with Crippen LogP contribution < -0.4 is 17.1 Å². The van der Waals surface area contributed by atoms with Crippen molar-refractivity contribution >= 4 is 11.6 Å². The molecule has 0 atom stereocenters. The summed E-state index contributed by atoms with van der Waals surface area (Å²) in [5, 5.41) is 12.6. The van der Waals surface area contributed by atoms with Crippen LogP contribution in [0.2, 0.25) is 0 Å². The van der Waals surface area contributed by atoms with Gasteiger partial charge in [0.05, 0.1) is 11.3 Å². The van der Waals surface area contributed by atoms with E-state index in [4.69, 9.17) is 16.9 Å². The van der Waals surface area contributed by atoms with Crippen molar-refractivity contribution in [3.8, 4) is 6.07 Å². The number of hydrazine groups is 1. The first kappa shape index (κ1) is 16.1. The van der Waals surface area contributed by atoms with E-state index in [0.717, 1.165) is 0 Å². The number of nitriles is 1. The number of rotatable bonds is 4. The van der Waals surface area contributed by atoms with Gasteiger partial charge in [-0.3, -0.25) is 10.2 Å². The monoisotopic (exact) mass is 311 g/mol. The van der Waals surface area contributed by atoms with Crippen molar-refractivity contribution in [2.75, 3.05) is 0 Å². The van der Waals surface area contributed by atoms with Gasteiger partial charge in [0.15, 0.2) is 0 Å². The summed E-state index contributed by atoms with van der Waals surface area (Å²) in [6.07, 6.45) is 0.236. The summed E-state index contributed by atoms with van der Waals surface area (Å²) < 4.78 is 13.4. The molecule has 0 saturated heterocycles. The second-order valence-corrected chi connectivity index (χ2v) is 4.70. The van der Waals surface area contributed by atoms with E-state index in [1.165, 1.54) is 18.2 Å². The smallest absolute Gasteiger partial charge is 0.265 e. The Kier molecular flexibility index (Phi) is 5.02. The number of nitrogen functional groups attached to an aromatic ring is 1. The molecule has 6 nitrogen and oxygen atoms in total. The zero-order chi connectivity index (χ0) is 16.8. The van der Waals surface area contributed by atoms with Gasteiger partial charge in [0.2, 0.25) is 0 Å². The van der Waals surface area contributed by atoms with E-state index in [1.807, 2.05) is 0 Å². The summed E-state index contributed by atoms with van der Waals surface area (Å²) in [5.74, 6) is 9.56. The first-order valence-electron chi connectivity index (χ1n) is 6.66. The van der Waals surface area contributed by atoms with Crippen LogP contribution in [0.5, 0.6) is 0 Å². The van der Waals surface area contributed by atoms with Crippen LogP contribution >= 0.6 is 0 Å². The Hall–Kier alpha value is -3.24. The van der Waals surface area contributed by atoms with Crippen molar-refractivity contribution in [1.29, 1.82) is 5.26 Å². The van der Waals surface area contributed by atoms with E-state index >= 15 is 0 Å². The van der Waals surface area contributed by atoms with Gasteiger partial charge in [-0.2, -0.15) is 10.4 Å². The van der Waals surface area contributed by atoms with Gasteiger partial charge in [-0.05, 0) is 23.8 Å². The first-order chi connectivity index (χ1) is 11.1. The lowest BCUT2D eigenvalue weighted by atomic mass is 9.96. The number of nitrogens with two attached hydrogens (primary N) is 2. The molecule has 23 heavy (non-hydrogen) atoms. The Morgan fingerprint density at radius 2 is 1.96 bits per heavy atom. The molecule has 2 aromatic rings. The fourth-order valence-electron chi connectivity index (χ4n) is 2.18. The number of halogens is 1. The van der Waals surface area contributed by atoms with Crippen LogP contribution in [-0.4, -0.2) is 11.6 Å². The fraction of sp³-hybridized carbons (Fsp3) is 0.0625. The fourth-order valence-corrected chi connectivity index (χ4v) is 2.18. The number of nitrogens with one attached hydrogen (secondary N) is 1. The van der Waals surface area contributed by atoms with E-state index < -0.39 is 11.7 Å². The highest BCUT2D eigenvalue weighted by atomic mass is 19.1. The van der Waals surface area contributed by atoms with Crippen LogP contribution in [0.4, 0.5) is 4.39 Å². The molecule has 2 rings (SSSR count). The van der Waals surface area contributed by atoms with Crippen LogP contribution in [0.1, 0.15) is 27.0 Å². The number of benzene rings is 2. The normalized spacial score (nSPS) is 10.9. The third-order valence-electron chi connectivity index (χ3n) is 3.29. The average Bonchev–Trinajstić information content (AvgIpc) is 2.60. The molecule has 0 unspecified atom stereocenters. The highest BCUT2D eigenvalue weighted by molar-refractivity contribution is 6.10. The van der Waals surface area contributed by atoms with E-state index in [2.05, 4.69) is 10.5 Å². The molecule has 0 bridgehead atoms. The van der Waals surface area contributed by atoms with Crippen molar-refractivity contribution in [2.45, 2.75) is 6.42 Å². The second kappa shape index (κ2) is 7.15. The molecule has 0 aliphatic carbocycles. The SMILES string of the molecule is N#Cc1cc(C/C(=N\N)c2ccccc2C(=O)NN)ccc1F. The molecule has 0 aliphatic rings. The van der Waals surface area contributed by atoms with Gasteiger partial charge in [0.1, 0.15) is 11.9 Å². The zero-order valence-corrected chi connectivity index (χ0v) is 12.1. The maximum absolute atomic E-state index is 13.4. The number of hydrogen-bond donors (Lipinski definition) is 3. The number of carbonyl (C=O) groups is 1. The molecular formula is C16H14FN5O. The molecule has 5 N–H and O–H groups in total. The van der Waals surface area contributed by atoms with Crippen LogP contribution in [0.25, 0.3) is 0 Å². The lowest BCUT2D eigenvalue weighted by Crippen LogP contribution is -2.31. The highest BCUT2D eigenvalue weighted by Crippen LogP contribution is 2.16. The average molecular weight is 311 g/mol. The van der Waals surface area contributed by atoms with Crippen LogP contribution in [0, 0.1) is 17.1 Å². The molecule has 116 valence electrons. The Morgan fingerprint density at radius 3 is 2.57 bits per heavy atom. The molecule has 0 heterocycles. The maximum atomic E-state index is 13.4. The van der Waals surface area contributed by atoms with Gasteiger partial charge >= 0.3 is 0 Å². The standard InChI is InChI=1S/C16H14FN5O/c17-14-6-5-10(7-11(14)9-18)8-15(21-19)12-3-1-2-4-13(12)16(23)22-20/h1-7H,8,19-20H2,(H,22,23)/b21-15+. The minimum Gasteiger partial charge on any atom is -0.323 e. The molecule has 7 heteroatoms. The third kappa shape index (κ3) is 3.51. The molecule has 0 radical (unpaired) electrons. The van der Waals surface area contributed by atoms with E-state index in [9.17, 15) is 9.18 Å². The van der Waals surface area contributed by atoms with Gasteiger partial charge in [-0.1, -0.05) is 24.3 Å². The molecular weight excluding hydrogens is 297 g/mol. The van der Waals surface area contributed by atoms with Crippen LogP contribution in [0.15, 0.2) is 47.6 Å². The summed E-state index contributed by atoms with van der Waals surface area (Å²) in [4.78, 5) is 11.8. The Balaban J connectivity index is 2.40. The van der Waals surface area contributed by atoms with E-state index in [-0.39, 0.29) is 12.0 Å². The lowest BCUT2D eigenvalue weighted by Gasteiger charge is -2.11. The predicted octanol–water partition coefficient (Wildman–Crippen LogP) is 1.21. The Morgan fingerprint density at radius 1 is 1.26 bits per heavy atom. The molecule has 0 fully saturated rings. The predicted molar refractivity (Wildman–Crippen MR) is 83.6 cm³/mol. The van der Waals surface area contributed by atoms with Gasteiger partial charge in [0, 0.05) is 17.5 Å². The van der Waals surface area contributed by atoms with Gasteiger partial charge in [0.25, 0.3) is 5.91 Å². The van der Waals surface area contributed by atoms with E-state index in [0.29, 0.717) is 22.4 Å². The molecule has 2 aromatic carbocycles. The molecule has 0 spiro atoms.